The number of ether oxygens (including phenoxy) is 1. The molecule has 0 atom stereocenters. The molecule has 0 aliphatic carbocycles. The molecular weight excluding hydrogens is 398 g/mol. The van der Waals surface area contributed by atoms with Crippen LogP contribution in [-0.4, -0.2) is 63.5 Å². The zero-order valence-electron chi connectivity index (χ0n) is 20.5. The molecule has 32 heavy (non-hydrogen) atoms. The Hall–Kier alpha value is -3.01. The van der Waals surface area contributed by atoms with Gasteiger partial charge >= 0.3 is 0 Å². The van der Waals surface area contributed by atoms with Crippen molar-refractivity contribution in [3.05, 3.63) is 53.1 Å². The van der Waals surface area contributed by atoms with Gasteiger partial charge in [-0.2, -0.15) is 0 Å². The van der Waals surface area contributed by atoms with Crippen LogP contribution in [0.4, 0.5) is 11.4 Å². The third kappa shape index (κ3) is 6.03. The first-order valence-electron chi connectivity index (χ1n) is 10.9. The molecule has 172 valence electrons. The molecule has 0 bridgehead atoms. The number of nitrogens with two attached hydrogens (primary N) is 1. The molecule has 6 nitrogen and oxygen atoms in total. The van der Waals surface area contributed by atoms with Crippen LogP contribution in [0.2, 0.25) is 0 Å². The highest BCUT2D eigenvalue weighted by molar-refractivity contribution is 6.04. The van der Waals surface area contributed by atoms with Crippen molar-refractivity contribution in [3.63, 3.8) is 0 Å². The Labute approximate surface area is 193 Å². The minimum Gasteiger partial charge on any atom is -0.493 e. The minimum absolute atomic E-state index is 0.287. The van der Waals surface area contributed by atoms with Crippen LogP contribution in [0.1, 0.15) is 37.5 Å². The Balaban J connectivity index is 2.58. The molecule has 0 fully saturated rings. The van der Waals surface area contributed by atoms with Gasteiger partial charge in [-0.05, 0) is 66.2 Å². The maximum atomic E-state index is 6.50. The van der Waals surface area contributed by atoms with Crippen molar-refractivity contribution in [1.82, 2.24) is 9.80 Å². The van der Waals surface area contributed by atoms with Crippen molar-refractivity contribution < 1.29 is 4.74 Å². The zero-order chi connectivity index (χ0) is 23.9. The van der Waals surface area contributed by atoms with Gasteiger partial charge in [0.25, 0.3) is 0 Å². The zero-order valence-corrected chi connectivity index (χ0v) is 20.5. The van der Waals surface area contributed by atoms with Crippen LogP contribution in [0, 0.1) is 12.3 Å². The fourth-order valence-electron chi connectivity index (χ4n) is 3.45. The quantitative estimate of drug-likeness (QED) is 0.337. The average Bonchev–Trinajstić information content (AvgIpc) is 2.77. The number of likely N-dealkylation sites (N-methyl/N-ethyl adjacent to an activating group) is 2. The lowest BCUT2D eigenvalue weighted by Gasteiger charge is -2.38. The van der Waals surface area contributed by atoms with E-state index in [0.717, 1.165) is 46.9 Å². The van der Waals surface area contributed by atoms with Crippen molar-refractivity contribution in [3.8, 4) is 18.1 Å². The van der Waals surface area contributed by atoms with Crippen LogP contribution in [0.25, 0.3) is 0 Å². The molecule has 0 radical (unpaired) electrons. The molecule has 0 aliphatic heterocycles. The lowest BCUT2D eigenvalue weighted by atomic mass is 9.89. The third-order valence-corrected chi connectivity index (χ3v) is 5.72. The van der Waals surface area contributed by atoms with E-state index < -0.39 is 0 Å². The molecule has 2 rings (SSSR count). The van der Waals surface area contributed by atoms with E-state index in [4.69, 9.17) is 16.9 Å². The SMILES string of the molecule is C#Cc1cccc(N=C(N)c2cc(C(C)(C)N(C)CCN(C)C)c(OCC)cc2NC)c1. The highest BCUT2D eigenvalue weighted by Crippen LogP contribution is 2.38. The summed E-state index contributed by atoms with van der Waals surface area (Å²) < 4.78 is 6.04. The van der Waals surface area contributed by atoms with Gasteiger partial charge in [0.2, 0.25) is 0 Å². The number of anilines is 1. The maximum Gasteiger partial charge on any atom is 0.133 e. The van der Waals surface area contributed by atoms with Gasteiger partial charge in [-0.25, -0.2) is 4.99 Å². The van der Waals surface area contributed by atoms with Gasteiger partial charge < -0.3 is 20.7 Å². The molecule has 2 aromatic carbocycles. The topological polar surface area (TPSA) is 66.1 Å². The first-order valence-corrected chi connectivity index (χ1v) is 10.9. The van der Waals surface area contributed by atoms with Gasteiger partial charge in [-0.3, -0.25) is 4.90 Å². The van der Waals surface area contributed by atoms with Gasteiger partial charge in [0.1, 0.15) is 11.6 Å². The number of rotatable bonds is 10. The van der Waals surface area contributed by atoms with Crippen molar-refractivity contribution in [2.45, 2.75) is 26.3 Å². The van der Waals surface area contributed by atoms with Gasteiger partial charge in [-0.1, -0.05) is 12.0 Å². The number of terminal acetylenes is 1. The number of hydrogen-bond acceptors (Lipinski definition) is 5. The van der Waals surface area contributed by atoms with Crippen LogP contribution >= 0.6 is 0 Å². The van der Waals surface area contributed by atoms with Gasteiger partial charge in [0, 0.05) is 54.1 Å². The van der Waals surface area contributed by atoms with E-state index in [1.165, 1.54) is 0 Å². The second-order valence-electron chi connectivity index (χ2n) is 8.55. The van der Waals surface area contributed by atoms with Gasteiger partial charge in [0.05, 0.1) is 12.3 Å². The predicted molar refractivity (Wildman–Crippen MR) is 136 cm³/mol. The summed E-state index contributed by atoms with van der Waals surface area (Å²) in [5.74, 6) is 3.89. The Morgan fingerprint density at radius 3 is 2.50 bits per heavy atom. The Morgan fingerprint density at radius 2 is 1.91 bits per heavy atom. The summed E-state index contributed by atoms with van der Waals surface area (Å²) in [5.41, 5.74) is 10.4. The van der Waals surface area contributed by atoms with E-state index in [1.807, 2.05) is 44.3 Å². The number of amidine groups is 1. The molecule has 0 spiro atoms. The summed E-state index contributed by atoms with van der Waals surface area (Å²) in [6.45, 7) is 8.85. The normalized spacial score (nSPS) is 12.2. The Morgan fingerprint density at radius 1 is 1.19 bits per heavy atom. The molecule has 0 unspecified atom stereocenters. The van der Waals surface area contributed by atoms with Crippen LogP contribution in [0.5, 0.6) is 5.75 Å². The highest BCUT2D eigenvalue weighted by atomic mass is 16.5. The first kappa shape index (κ1) is 25.3. The van der Waals surface area contributed by atoms with Gasteiger partial charge in [-0.15, -0.1) is 6.42 Å². The molecule has 0 aromatic heterocycles. The lowest BCUT2D eigenvalue weighted by molar-refractivity contribution is 0.139. The van der Waals surface area contributed by atoms with E-state index in [0.29, 0.717) is 12.4 Å². The molecular formula is C26H37N5O. The lowest BCUT2D eigenvalue weighted by Crippen LogP contribution is -2.42. The number of benzene rings is 2. The van der Waals surface area contributed by atoms with Crippen LogP contribution in [0.15, 0.2) is 41.4 Å². The largest absolute Gasteiger partial charge is 0.493 e. The molecule has 0 saturated heterocycles. The molecule has 0 amide bonds. The van der Waals surface area contributed by atoms with Crippen LogP contribution in [0.3, 0.4) is 0 Å². The minimum atomic E-state index is -0.287. The fourth-order valence-corrected chi connectivity index (χ4v) is 3.45. The number of nitrogens with zero attached hydrogens (tertiary/aromatic N) is 3. The molecule has 0 aliphatic rings. The van der Waals surface area contributed by atoms with E-state index in [2.05, 4.69) is 67.1 Å². The van der Waals surface area contributed by atoms with Crippen molar-refractivity contribution in [2.75, 3.05) is 53.2 Å². The van der Waals surface area contributed by atoms with Crippen LogP contribution < -0.4 is 15.8 Å². The standard InChI is InChI=1S/C26H37N5O/c1-9-19-12-11-13-20(16-19)29-25(27)21-17-22(24(32-10-2)18-23(21)28-5)26(3,4)31(8)15-14-30(6)7/h1,11-13,16-18,28H,10,14-15H2,2-8H3,(H2,27,29). The number of aliphatic imine (C=N–C) groups is 1. The second-order valence-corrected chi connectivity index (χ2v) is 8.55. The monoisotopic (exact) mass is 435 g/mol. The maximum absolute atomic E-state index is 6.50. The second kappa shape index (κ2) is 11.0. The molecule has 0 heterocycles. The number of hydrogen-bond donors (Lipinski definition) is 2. The molecule has 3 N–H and O–H groups in total. The summed E-state index contributed by atoms with van der Waals surface area (Å²) in [7, 11) is 8.17. The van der Waals surface area contributed by atoms with E-state index >= 15 is 0 Å². The van der Waals surface area contributed by atoms with Crippen molar-refractivity contribution >= 4 is 17.2 Å². The van der Waals surface area contributed by atoms with Gasteiger partial charge in [0.15, 0.2) is 0 Å². The molecule has 0 saturated carbocycles. The molecule has 6 heteroatoms. The average molecular weight is 436 g/mol. The third-order valence-electron chi connectivity index (χ3n) is 5.72. The van der Waals surface area contributed by atoms with E-state index in [9.17, 15) is 0 Å². The Kier molecular flexibility index (Phi) is 8.71. The van der Waals surface area contributed by atoms with E-state index in [-0.39, 0.29) is 5.54 Å². The number of nitrogens with one attached hydrogen (secondary N) is 1. The summed E-state index contributed by atoms with van der Waals surface area (Å²) >= 11 is 0. The molecule has 2 aromatic rings. The van der Waals surface area contributed by atoms with Crippen LogP contribution in [-0.2, 0) is 5.54 Å². The van der Waals surface area contributed by atoms with E-state index in [1.54, 1.807) is 0 Å². The smallest absolute Gasteiger partial charge is 0.133 e. The highest BCUT2D eigenvalue weighted by Gasteiger charge is 2.30. The summed E-state index contributed by atoms with van der Waals surface area (Å²) in [6.07, 6.45) is 5.53. The van der Waals surface area contributed by atoms with Crippen molar-refractivity contribution in [2.24, 2.45) is 10.7 Å². The summed E-state index contributed by atoms with van der Waals surface area (Å²) in [4.78, 5) is 9.16. The first-order chi connectivity index (χ1) is 15.1. The van der Waals surface area contributed by atoms with Crippen molar-refractivity contribution in [1.29, 1.82) is 0 Å². The Bertz CT molecular complexity index is 988. The fraction of sp³-hybridized carbons (Fsp3) is 0.423. The predicted octanol–water partition coefficient (Wildman–Crippen LogP) is 3.87. The summed E-state index contributed by atoms with van der Waals surface area (Å²) in [5, 5.41) is 3.24. The summed E-state index contributed by atoms with van der Waals surface area (Å²) in [6, 6.07) is 11.6.